The second-order valence-corrected chi connectivity index (χ2v) is 13.8. The molecule has 7 aromatic carbocycles. The molecule has 50 heavy (non-hydrogen) atoms. The van der Waals surface area contributed by atoms with Crippen molar-refractivity contribution in [1.82, 2.24) is 4.98 Å². The van der Waals surface area contributed by atoms with Crippen LogP contribution in [-0.2, 0) is 10.8 Å². The van der Waals surface area contributed by atoms with Gasteiger partial charge in [0, 0.05) is 11.8 Å². The van der Waals surface area contributed by atoms with E-state index in [2.05, 4.69) is 175 Å². The summed E-state index contributed by atoms with van der Waals surface area (Å²) in [5.74, 6) is 0. The number of hydrogen-bond donors (Lipinski definition) is 0. The van der Waals surface area contributed by atoms with E-state index >= 15 is 0 Å². The van der Waals surface area contributed by atoms with Crippen LogP contribution in [0.3, 0.4) is 0 Å². The van der Waals surface area contributed by atoms with Gasteiger partial charge in [-0.2, -0.15) is 0 Å². The summed E-state index contributed by atoms with van der Waals surface area (Å²) in [5, 5.41) is 0. The van der Waals surface area contributed by atoms with Gasteiger partial charge in [-0.25, -0.2) is 0 Å². The average Bonchev–Trinajstić information content (AvgIpc) is 3.67. The molecule has 0 saturated heterocycles. The fourth-order valence-corrected chi connectivity index (χ4v) is 9.88. The van der Waals surface area contributed by atoms with Gasteiger partial charge in [-0.15, -0.1) is 0 Å². The van der Waals surface area contributed by atoms with E-state index in [-0.39, 0.29) is 0 Å². The molecule has 0 radical (unpaired) electrons. The van der Waals surface area contributed by atoms with Gasteiger partial charge in [-0.05, 0) is 90.0 Å². The Kier molecular flexibility index (Phi) is 5.58. The summed E-state index contributed by atoms with van der Waals surface area (Å²) in [4.78, 5) is 4.60. The van der Waals surface area contributed by atoms with Gasteiger partial charge in [0.1, 0.15) is 0 Å². The zero-order chi connectivity index (χ0) is 32.9. The van der Waals surface area contributed by atoms with E-state index in [0.29, 0.717) is 0 Å². The lowest BCUT2D eigenvalue weighted by Gasteiger charge is -2.48. The van der Waals surface area contributed by atoms with Crippen molar-refractivity contribution >= 4 is 0 Å². The highest BCUT2D eigenvalue weighted by atomic mass is 14.7. The quantitative estimate of drug-likeness (QED) is 0.189. The summed E-state index contributed by atoms with van der Waals surface area (Å²) >= 11 is 0. The normalized spacial score (nSPS) is 18.6. The fraction of sp³-hybridized carbons (Fsp3) is 0.0408. The largest absolute Gasteiger partial charge is 0.256 e. The highest BCUT2D eigenvalue weighted by Crippen LogP contribution is 2.69. The first-order chi connectivity index (χ1) is 24.8. The molecule has 8 aromatic rings. The molecular weight excluding hydrogens is 603 g/mol. The van der Waals surface area contributed by atoms with Crippen molar-refractivity contribution in [2.24, 2.45) is 0 Å². The molecule has 0 amide bonds. The van der Waals surface area contributed by atoms with Crippen molar-refractivity contribution in [3.63, 3.8) is 0 Å². The summed E-state index contributed by atoms with van der Waals surface area (Å²) in [6.07, 6.45) is 1.86. The summed E-state index contributed by atoms with van der Waals surface area (Å²) in [5.41, 5.74) is 19.9. The van der Waals surface area contributed by atoms with Crippen LogP contribution in [0.15, 0.2) is 188 Å². The Morgan fingerprint density at radius 3 is 1.60 bits per heavy atom. The molecule has 11 rings (SSSR count). The number of fused-ring (bicyclic) bond motifs is 12. The van der Waals surface area contributed by atoms with Crippen LogP contribution < -0.4 is 0 Å². The van der Waals surface area contributed by atoms with Gasteiger partial charge in [0.25, 0.3) is 0 Å². The van der Waals surface area contributed by atoms with Crippen LogP contribution in [0.5, 0.6) is 0 Å². The van der Waals surface area contributed by atoms with E-state index in [1.165, 1.54) is 77.9 Å². The molecule has 2 atom stereocenters. The zero-order valence-corrected chi connectivity index (χ0v) is 27.3. The maximum absolute atomic E-state index is 4.60. The van der Waals surface area contributed by atoms with Gasteiger partial charge in [-0.3, -0.25) is 4.98 Å². The first-order valence-corrected chi connectivity index (χ1v) is 17.5. The number of hydrogen-bond acceptors (Lipinski definition) is 1. The maximum atomic E-state index is 4.60. The van der Waals surface area contributed by atoms with Crippen LogP contribution in [0.4, 0.5) is 0 Å². The van der Waals surface area contributed by atoms with E-state index in [1.54, 1.807) is 0 Å². The zero-order valence-electron chi connectivity index (χ0n) is 27.3. The van der Waals surface area contributed by atoms with Crippen LogP contribution >= 0.6 is 0 Å². The third kappa shape index (κ3) is 3.30. The molecule has 1 heteroatoms. The molecule has 2 unspecified atom stereocenters. The second kappa shape index (κ2) is 10.1. The summed E-state index contributed by atoms with van der Waals surface area (Å²) < 4.78 is 0. The van der Waals surface area contributed by atoms with Gasteiger partial charge in [-0.1, -0.05) is 170 Å². The van der Waals surface area contributed by atoms with Crippen molar-refractivity contribution in [3.8, 4) is 44.6 Å². The molecule has 1 spiro atoms. The Bertz CT molecular complexity index is 2640. The van der Waals surface area contributed by atoms with E-state index in [4.69, 9.17) is 0 Å². The van der Waals surface area contributed by atoms with Crippen molar-refractivity contribution in [2.75, 3.05) is 0 Å². The van der Waals surface area contributed by atoms with Crippen LogP contribution in [0, 0.1) is 0 Å². The van der Waals surface area contributed by atoms with Gasteiger partial charge in [0.2, 0.25) is 0 Å². The maximum Gasteiger partial charge on any atom is 0.0720 e. The predicted octanol–water partition coefficient (Wildman–Crippen LogP) is 11.5. The highest BCUT2D eigenvalue weighted by Gasteiger charge is 2.59. The van der Waals surface area contributed by atoms with Crippen molar-refractivity contribution in [3.05, 3.63) is 233 Å². The number of pyridine rings is 1. The standard InChI is InChI=1S/C49H31N/c1-2-14-34(15-3-1)48-39-20-6-4-16-36(39)37-19-13-25-44(47(37)48)49(42-23-9-8-22-41(42)48)40-21-7-5-17-38(40)46-35(18-12-24-43(46)49)32-27-29-33(30-28-32)45-26-10-11-31-50-45/h1-31H. The molecular formula is C49H31N. The number of aromatic nitrogens is 1. The van der Waals surface area contributed by atoms with Gasteiger partial charge < -0.3 is 0 Å². The minimum absolute atomic E-state index is 0.428. The number of nitrogens with zero attached hydrogens (tertiary/aromatic N) is 1. The first-order valence-electron chi connectivity index (χ1n) is 17.5. The molecule has 0 bridgehead atoms. The van der Waals surface area contributed by atoms with Crippen molar-refractivity contribution in [2.45, 2.75) is 10.8 Å². The molecule has 232 valence electrons. The second-order valence-electron chi connectivity index (χ2n) is 13.8. The smallest absolute Gasteiger partial charge is 0.0720 e. The third-order valence-corrected chi connectivity index (χ3v) is 11.6. The number of benzene rings is 7. The molecule has 0 N–H and O–H groups in total. The Hall–Kier alpha value is -6.31. The Balaban J connectivity index is 1.25. The topological polar surface area (TPSA) is 12.9 Å². The Morgan fingerprint density at radius 2 is 0.860 bits per heavy atom. The monoisotopic (exact) mass is 633 g/mol. The Morgan fingerprint density at radius 1 is 0.320 bits per heavy atom. The van der Waals surface area contributed by atoms with Gasteiger partial charge >= 0.3 is 0 Å². The van der Waals surface area contributed by atoms with E-state index < -0.39 is 10.8 Å². The highest BCUT2D eigenvalue weighted by molar-refractivity contribution is 5.99. The van der Waals surface area contributed by atoms with Gasteiger partial charge in [0.15, 0.2) is 0 Å². The van der Waals surface area contributed by atoms with E-state index in [0.717, 1.165) is 11.3 Å². The summed E-state index contributed by atoms with van der Waals surface area (Å²) in [6, 6.07) is 67.9. The van der Waals surface area contributed by atoms with E-state index in [9.17, 15) is 0 Å². The predicted molar refractivity (Wildman–Crippen MR) is 203 cm³/mol. The fourth-order valence-electron chi connectivity index (χ4n) is 9.88. The van der Waals surface area contributed by atoms with Crippen LogP contribution in [-0.4, -0.2) is 4.98 Å². The SMILES string of the molecule is c1ccc(C23c4ccccc4-c4cccc(c42)C2(c4ccccc4-c4c(-c5ccc(-c6ccccn6)cc5)cccc42)c2ccccc23)cc1. The lowest BCUT2D eigenvalue weighted by Crippen LogP contribution is -2.43. The minimum atomic E-state index is -0.488. The summed E-state index contributed by atoms with van der Waals surface area (Å²) in [7, 11) is 0. The molecule has 1 nitrogen and oxygen atoms in total. The molecule has 1 aromatic heterocycles. The molecule has 3 aliphatic rings. The molecule has 0 aliphatic heterocycles. The average molecular weight is 634 g/mol. The molecule has 1 heterocycles. The minimum Gasteiger partial charge on any atom is -0.256 e. The third-order valence-electron chi connectivity index (χ3n) is 11.6. The molecule has 0 fully saturated rings. The number of rotatable bonds is 3. The van der Waals surface area contributed by atoms with Crippen molar-refractivity contribution in [1.29, 1.82) is 0 Å². The van der Waals surface area contributed by atoms with Crippen LogP contribution in [0.1, 0.15) is 44.5 Å². The van der Waals surface area contributed by atoms with Crippen molar-refractivity contribution < 1.29 is 0 Å². The molecule has 3 aliphatic carbocycles. The summed E-state index contributed by atoms with van der Waals surface area (Å²) in [6.45, 7) is 0. The molecule has 0 saturated carbocycles. The lowest BCUT2D eigenvalue weighted by molar-refractivity contribution is 0.636. The Labute approximate surface area is 292 Å². The van der Waals surface area contributed by atoms with Crippen LogP contribution in [0.2, 0.25) is 0 Å². The van der Waals surface area contributed by atoms with Gasteiger partial charge in [0.05, 0.1) is 16.5 Å². The van der Waals surface area contributed by atoms with E-state index in [1.807, 2.05) is 18.3 Å². The first kappa shape index (κ1) is 27.6. The lowest BCUT2D eigenvalue weighted by atomic mass is 9.52. The van der Waals surface area contributed by atoms with Crippen LogP contribution in [0.25, 0.3) is 44.6 Å².